The zero-order valence-corrected chi connectivity index (χ0v) is 11.3. The van der Waals surface area contributed by atoms with Crippen LogP contribution in [0.15, 0.2) is 0 Å². The monoisotopic (exact) mass is 308 g/mol. The molecule has 0 aliphatic rings. The Kier molecular flexibility index (Phi) is 25.2. The molecular formula is AsGa2O4P. The molecule has 8 heteroatoms. The molecular weight excluding hydrogens is 309 g/mol. The zero-order chi connectivity index (χ0) is 4.50. The van der Waals surface area contributed by atoms with Gasteiger partial charge in [-0.2, -0.15) is 7.82 Å². The van der Waals surface area contributed by atoms with Crippen LogP contribution in [-0.2, 0) is 4.57 Å². The molecule has 0 unspecified atom stereocenters. The predicted octanol–water partition coefficient (Wildman–Crippen LogP) is -3.97. The fourth-order valence-corrected chi connectivity index (χ4v) is 0. The fraction of sp³-hybridized carbons (Fsp3) is 0. The van der Waals surface area contributed by atoms with Crippen molar-refractivity contribution in [3.05, 3.63) is 0 Å². The molecule has 0 aromatic carbocycles. The van der Waals surface area contributed by atoms with Crippen molar-refractivity contribution in [2.75, 3.05) is 0 Å². The minimum absolute atomic E-state index is 0. The van der Waals surface area contributed by atoms with Crippen molar-refractivity contribution in [2.45, 2.75) is 0 Å². The third-order valence-corrected chi connectivity index (χ3v) is 0. The van der Waals surface area contributed by atoms with E-state index < -0.39 is 7.82 Å². The molecule has 0 spiro atoms. The Bertz CT molecular complexity index is 60.2. The van der Waals surface area contributed by atoms with Crippen LogP contribution in [0, 0.1) is 0 Å². The van der Waals surface area contributed by atoms with Gasteiger partial charge in [-0.15, -0.1) is 0 Å². The van der Waals surface area contributed by atoms with Crippen LogP contribution in [0.1, 0.15) is 0 Å². The molecule has 0 aromatic heterocycles. The molecule has 0 radical (unpaired) electrons. The summed E-state index contributed by atoms with van der Waals surface area (Å²) in [7, 11) is -5.39. The van der Waals surface area contributed by atoms with Crippen LogP contribution in [0.25, 0.3) is 0 Å². The van der Waals surface area contributed by atoms with Crippen LogP contribution in [0.2, 0.25) is 0 Å². The van der Waals surface area contributed by atoms with E-state index in [2.05, 4.69) is 0 Å². The Balaban J connectivity index is -0.0000000267. The molecule has 0 saturated heterocycles. The second-order valence-corrected chi connectivity index (χ2v) is 1.34. The molecule has 0 aliphatic heterocycles. The largest absolute Gasteiger partial charge is 3.00 e. The van der Waals surface area contributed by atoms with Gasteiger partial charge in [0.1, 0.15) is 0 Å². The molecule has 0 amide bonds. The van der Waals surface area contributed by atoms with Crippen molar-refractivity contribution in [2.24, 2.45) is 0 Å². The molecule has 0 aromatic rings. The third-order valence-electron chi connectivity index (χ3n) is 0. The van der Waals surface area contributed by atoms with Gasteiger partial charge in [-0.3, -0.25) is 0 Å². The first kappa shape index (κ1) is 22.5. The smallest absolute Gasteiger partial charge is 3.00 e. The van der Waals surface area contributed by atoms with Crippen molar-refractivity contribution in [1.82, 2.24) is 0 Å². The fourth-order valence-electron chi connectivity index (χ4n) is 0. The third kappa shape index (κ3) is 102. The molecule has 0 aliphatic carbocycles. The van der Waals surface area contributed by atoms with Crippen molar-refractivity contribution in [3.8, 4) is 0 Å². The number of hydrogen-bond donors (Lipinski definition) is 0. The van der Waals surface area contributed by atoms with E-state index in [1.165, 1.54) is 0 Å². The van der Waals surface area contributed by atoms with Gasteiger partial charge in [-0.05, 0) is 0 Å². The molecule has 0 heterocycles. The van der Waals surface area contributed by atoms with Crippen molar-refractivity contribution >= 4 is 65.4 Å². The molecule has 0 bridgehead atoms. The molecule has 0 atom stereocenters. The topological polar surface area (TPSA) is 86.2 Å². The van der Waals surface area contributed by atoms with Gasteiger partial charge in [0, 0.05) is 0 Å². The van der Waals surface area contributed by atoms with Gasteiger partial charge in [-0.25, -0.2) is 0 Å². The normalized spacial score (nSPS) is 7.38. The van der Waals surface area contributed by atoms with Crippen molar-refractivity contribution in [1.29, 1.82) is 0 Å². The van der Waals surface area contributed by atoms with E-state index >= 15 is 0 Å². The molecule has 0 N–H and O–H groups in total. The number of rotatable bonds is 0. The molecule has 8 heavy (non-hydrogen) atoms. The van der Waals surface area contributed by atoms with Gasteiger partial charge < -0.3 is 37.2 Å². The first-order valence-corrected chi connectivity index (χ1v) is 2.19. The number of hydrogen-bond acceptors (Lipinski definition) is 4. The summed E-state index contributed by atoms with van der Waals surface area (Å²) >= 11 is 0. The van der Waals surface area contributed by atoms with E-state index in [0.717, 1.165) is 0 Å². The standard InChI is InChI=1S/As.2Ga.H3O4P/c;;;1-5(2,3)4/h;;;(H3,1,2,3,4)/q-3;2*+3;/p-3. The average molecular weight is 309 g/mol. The van der Waals surface area contributed by atoms with Gasteiger partial charge >= 0.3 is 39.6 Å². The van der Waals surface area contributed by atoms with E-state index in [1.807, 2.05) is 0 Å². The predicted molar refractivity (Wildman–Crippen MR) is 24.9 cm³/mol. The first-order chi connectivity index (χ1) is 2.00. The summed E-state index contributed by atoms with van der Waals surface area (Å²) in [4.78, 5) is 25.6. The van der Waals surface area contributed by atoms with Crippen molar-refractivity contribution < 1.29 is 19.2 Å². The van der Waals surface area contributed by atoms with Crippen LogP contribution < -0.4 is 14.7 Å². The Morgan fingerprint density at radius 2 is 1.00 bits per heavy atom. The Morgan fingerprint density at radius 1 is 1.00 bits per heavy atom. The van der Waals surface area contributed by atoms with E-state index in [1.54, 1.807) is 0 Å². The average Bonchev–Trinajstić information content (AvgIpc) is 0.722. The summed E-state index contributed by atoms with van der Waals surface area (Å²) in [6.07, 6.45) is 0. The van der Waals surface area contributed by atoms with Gasteiger partial charge in [0.2, 0.25) is 0 Å². The maximum Gasteiger partial charge on any atom is 3.00 e. The minimum atomic E-state index is -5.39. The molecule has 4 nitrogen and oxygen atoms in total. The SMILES string of the molecule is O=P([O-])([O-])[O-].[As-3].[Ga+3].[Ga+3]. The maximum atomic E-state index is 8.55. The second kappa shape index (κ2) is 8.94. The van der Waals surface area contributed by atoms with Crippen LogP contribution in [0.4, 0.5) is 0 Å². The van der Waals surface area contributed by atoms with Gasteiger partial charge in [0.15, 0.2) is 0 Å². The summed E-state index contributed by atoms with van der Waals surface area (Å²) in [6, 6.07) is 0. The first-order valence-electron chi connectivity index (χ1n) is 0.730. The van der Waals surface area contributed by atoms with E-state index in [4.69, 9.17) is 19.2 Å². The van der Waals surface area contributed by atoms with Crippen LogP contribution in [-0.4, -0.2) is 57.5 Å². The summed E-state index contributed by atoms with van der Waals surface area (Å²) in [5.74, 6) is 0. The van der Waals surface area contributed by atoms with Gasteiger partial charge in [-0.1, -0.05) is 0 Å². The van der Waals surface area contributed by atoms with E-state index in [9.17, 15) is 0 Å². The van der Waals surface area contributed by atoms with Gasteiger partial charge in [0.25, 0.3) is 0 Å². The van der Waals surface area contributed by atoms with Crippen LogP contribution >= 0.6 is 7.82 Å². The molecule has 0 rings (SSSR count). The van der Waals surface area contributed by atoms with Crippen LogP contribution in [0.3, 0.4) is 0 Å². The summed E-state index contributed by atoms with van der Waals surface area (Å²) in [6.45, 7) is 0. The quantitative estimate of drug-likeness (QED) is 0.337. The van der Waals surface area contributed by atoms with E-state index in [0.29, 0.717) is 0 Å². The van der Waals surface area contributed by atoms with Crippen molar-refractivity contribution in [3.63, 3.8) is 0 Å². The summed E-state index contributed by atoms with van der Waals surface area (Å²) in [5.41, 5.74) is 0. The molecule has 0 saturated carbocycles. The molecule has 0 fully saturated rings. The Labute approximate surface area is 84.1 Å². The van der Waals surface area contributed by atoms with Crippen LogP contribution in [0.5, 0.6) is 0 Å². The molecule has 40 valence electrons. The second-order valence-electron chi connectivity index (χ2n) is 0.447. The number of phosphoric acid groups is 1. The Morgan fingerprint density at radius 3 is 1.00 bits per heavy atom. The van der Waals surface area contributed by atoms with E-state index in [-0.39, 0.29) is 57.5 Å². The Hall–Kier alpha value is 1.94. The van der Waals surface area contributed by atoms with Gasteiger partial charge in [0.05, 0.1) is 0 Å². The summed E-state index contributed by atoms with van der Waals surface area (Å²) in [5, 5.41) is 0. The summed E-state index contributed by atoms with van der Waals surface area (Å²) < 4.78 is 8.55. The minimum Gasteiger partial charge on any atom is -3.00 e. The maximum absolute atomic E-state index is 8.55. The zero-order valence-electron chi connectivity index (χ0n) is 3.68.